The number of nitrogens with zero attached hydrogens (tertiary/aromatic N) is 6. The number of aromatic nitrogens is 4. The van der Waals surface area contributed by atoms with Gasteiger partial charge >= 0.3 is 0 Å². The molecule has 1 fully saturated rings. The third kappa shape index (κ3) is 3.00. The summed E-state index contributed by atoms with van der Waals surface area (Å²) in [5, 5.41) is 6.63. The van der Waals surface area contributed by atoms with Crippen LogP contribution in [-0.4, -0.2) is 71.7 Å². The molecule has 2 aliphatic rings. The quantitative estimate of drug-likeness (QED) is 0.868. The van der Waals surface area contributed by atoms with Crippen LogP contribution < -0.4 is 9.80 Å². The Morgan fingerprint density at radius 1 is 1.21 bits per heavy atom. The predicted molar refractivity (Wildman–Crippen MR) is 109 cm³/mol. The average molecular weight is 384 g/mol. The summed E-state index contributed by atoms with van der Waals surface area (Å²) >= 11 is 0. The standard InChI is InChI=1S/C20H29N7O/c1-5-26(4)17-15-6-7-20(16(15)23-19(24-17)25(2)3)8-10-27(11-9-20)18(28)14-12-21-22-13-14/h12-13H,5-11H2,1-4H3,(H,21,22). The van der Waals surface area contributed by atoms with Crippen LogP contribution in [0.1, 0.15) is 47.8 Å². The van der Waals surface area contributed by atoms with Crippen molar-refractivity contribution >= 4 is 17.7 Å². The van der Waals surface area contributed by atoms with Gasteiger partial charge in [-0.25, -0.2) is 4.98 Å². The van der Waals surface area contributed by atoms with E-state index in [2.05, 4.69) is 29.1 Å². The maximum absolute atomic E-state index is 12.7. The predicted octanol–water partition coefficient (Wildman–Crippen LogP) is 1.84. The van der Waals surface area contributed by atoms with E-state index in [9.17, 15) is 4.79 Å². The van der Waals surface area contributed by atoms with Crippen LogP contribution in [0.5, 0.6) is 0 Å². The number of carbonyl (C=O) groups is 1. The molecule has 8 heteroatoms. The van der Waals surface area contributed by atoms with Crippen molar-refractivity contribution < 1.29 is 4.79 Å². The first-order valence-electron chi connectivity index (χ1n) is 10.0. The van der Waals surface area contributed by atoms with Crippen molar-refractivity contribution in [2.75, 3.05) is 50.6 Å². The molecule has 28 heavy (non-hydrogen) atoms. The summed E-state index contributed by atoms with van der Waals surface area (Å²) in [5.74, 6) is 1.89. The number of H-pyrrole nitrogens is 1. The highest BCUT2D eigenvalue weighted by molar-refractivity contribution is 5.93. The molecule has 0 radical (unpaired) electrons. The molecule has 0 saturated carbocycles. The number of aromatic amines is 1. The molecule has 0 unspecified atom stereocenters. The number of hydrogen-bond acceptors (Lipinski definition) is 6. The van der Waals surface area contributed by atoms with Gasteiger partial charge in [0, 0.05) is 58.0 Å². The van der Waals surface area contributed by atoms with E-state index in [1.54, 1.807) is 12.4 Å². The molecule has 8 nitrogen and oxygen atoms in total. The lowest BCUT2D eigenvalue weighted by Gasteiger charge is -2.39. The lowest BCUT2D eigenvalue weighted by atomic mass is 9.76. The first-order chi connectivity index (χ1) is 13.4. The van der Waals surface area contributed by atoms with E-state index in [4.69, 9.17) is 9.97 Å². The monoisotopic (exact) mass is 383 g/mol. The molecule has 4 rings (SSSR count). The van der Waals surface area contributed by atoms with Gasteiger partial charge in [-0.1, -0.05) is 0 Å². The number of fused-ring (bicyclic) bond motifs is 2. The number of amides is 1. The van der Waals surface area contributed by atoms with Crippen LogP contribution in [0.15, 0.2) is 12.4 Å². The summed E-state index contributed by atoms with van der Waals surface area (Å²) in [7, 11) is 6.08. The Kier molecular flexibility index (Phi) is 4.72. The van der Waals surface area contributed by atoms with Crippen LogP contribution in [0.4, 0.5) is 11.8 Å². The molecule has 150 valence electrons. The SMILES string of the molecule is CCN(C)c1nc(N(C)C)nc2c1CCC21CCN(C(=O)c2cn[nH]c2)CC1. The van der Waals surface area contributed by atoms with Crippen molar-refractivity contribution in [3.8, 4) is 0 Å². The lowest BCUT2D eigenvalue weighted by Crippen LogP contribution is -2.44. The van der Waals surface area contributed by atoms with Gasteiger partial charge in [0.05, 0.1) is 17.5 Å². The van der Waals surface area contributed by atoms with E-state index in [1.165, 1.54) is 11.3 Å². The van der Waals surface area contributed by atoms with E-state index in [0.717, 1.165) is 57.1 Å². The minimum absolute atomic E-state index is 0.0551. The highest BCUT2D eigenvalue weighted by Gasteiger charge is 2.45. The Labute approximate surface area is 165 Å². The van der Waals surface area contributed by atoms with Gasteiger partial charge in [-0.15, -0.1) is 0 Å². The Morgan fingerprint density at radius 2 is 1.96 bits per heavy atom. The lowest BCUT2D eigenvalue weighted by molar-refractivity contribution is 0.0663. The number of nitrogens with one attached hydrogen (secondary N) is 1. The van der Waals surface area contributed by atoms with Crippen molar-refractivity contribution in [2.45, 2.75) is 38.0 Å². The molecule has 1 amide bonds. The van der Waals surface area contributed by atoms with Crippen LogP contribution in [0, 0.1) is 0 Å². The summed E-state index contributed by atoms with van der Waals surface area (Å²) in [5.41, 5.74) is 3.19. The molecular weight excluding hydrogens is 354 g/mol. The smallest absolute Gasteiger partial charge is 0.257 e. The fourth-order valence-corrected chi connectivity index (χ4v) is 4.45. The minimum atomic E-state index is 0.0551. The number of rotatable bonds is 4. The number of carbonyl (C=O) groups excluding carboxylic acids is 1. The molecule has 1 N–H and O–H groups in total. The van der Waals surface area contributed by atoms with Crippen molar-refractivity contribution in [3.63, 3.8) is 0 Å². The molecule has 0 aromatic carbocycles. The topological polar surface area (TPSA) is 81.2 Å². The average Bonchev–Trinajstić information content (AvgIpc) is 3.36. The van der Waals surface area contributed by atoms with Gasteiger partial charge in [-0.05, 0) is 32.6 Å². The molecular formula is C20H29N7O. The van der Waals surface area contributed by atoms with Gasteiger partial charge in [0.25, 0.3) is 5.91 Å². The minimum Gasteiger partial charge on any atom is -0.360 e. The zero-order valence-electron chi connectivity index (χ0n) is 17.2. The normalized spacial score (nSPS) is 17.6. The van der Waals surface area contributed by atoms with E-state index in [-0.39, 0.29) is 11.3 Å². The second kappa shape index (κ2) is 7.07. The second-order valence-corrected chi connectivity index (χ2v) is 8.14. The molecule has 2 aromatic heterocycles. The fraction of sp³-hybridized carbons (Fsp3) is 0.600. The Morgan fingerprint density at radius 3 is 2.57 bits per heavy atom. The van der Waals surface area contributed by atoms with Crippen LogP contribution in [0.3, 0.4) is 0 Å². The van der Waals surface area contributed by atoms with Crippen LogP contribution in [-0.2, 0) is 11.8 Å². The molecule has 1 aliphatic carbocycles. The number of hydrogen-bond donors (Lipinski definition) is 1. The highest BCUT2D eigenvalue weighted by Crippen LogP contribution is 2.48. The van der Waals surface area contributed by atoms with Crippen LogP contribution in [0.2, 0.25) is 0 Å². The van der Waals surface area contributed by atoms with E-state index >= 15 is 0 Å². The largest absolute Gasteiger partial charge is 0.360 e. The van der Waals surface area contributed by atoms with E-state index in [0.29, 0.717) is 5.56 Å². The van der Waals surface area contributed by atoms with E-state index in [1.807, 2.05) is 23.9 Å². The fourth-order valence-electron chi connectivity index (χ4n) is 4.45. The Bertz CT molecular complexity index is 854. The molecule has 1 aliphatic heterocycles. The highest BCUT2D eigenvalue weighted by atomic mass is 16.2. The summed E-state index contributed by atoms with van der Waals surface area (Å²) in [6, 6.07) is 0. The maximum atomic E-state index is 12.7. The molecule has 0 bridgehead atoms. The molecule has 0 atom stereocenters. The molecule has 3 heterocycles. The van der Waals surface area contributed by atoms with Crippen molar-refractivity contribution in [1.82, 2.24) is 25.1 Å². The summed E-state index contributed by atoms with van der Waals surface area (Å²) in [6.07, 6.45) is 7.26. The van der Waals surface area contributed by atoms with Crippen molar-refractivity contribution in [1.29, 1.82) is 0 Å². The number of piperidine rings is 1. The van der Waals surface area contributed by atoms with Gasteiger partial charge in [-0.3, -0.25) is 9.89 Å². The van der Waals surface area contributed by atoms with Gasteiger partial charge in [-0.2, -0.15) is 10.1 Å². The third-order valence-corrected chi connectivity index (χ3v) is 6.32. The second-order valence-electron chi connectivity index (χ2n) is 8.14. The third-order valence-electron chi connectivity index (χ3n) is 6.32. The zero-order chi connectivity index (χ0) is 19.9. The van der Waals surface area contributed by atoms with Gasteiger partial charge in [0.15, 0.2) is 0 Å². The molecule has 2 aromatic rings. The van der Waals surface area contributed by atoms with Crippen molar-refractivity contribution in [3.05, 3.63) is 29.2 Å². The zero-order valence-corrected chi connectivity index (χ0v) is 17.2. The van der Waals surface area contributed by atoms with Crippen molar-refractivity contribution in [2.24, 2.45) is 0 Å². The molecule has 1 saturated heterocycles. The van der Waals surface area contributed by atoms with Gasteiger partial charge < -0.3 is 14.7 Å². The first-order valence-corrected chi connectivity index (χ1v) is 10.0. The summed E-state index contributed by atoms with van der Waals surface area (Å²) in [6.45, 7) is 4.57. The van der Waals surface area contributed by atoms with Gasteiger partial charge in [0.2, 0.25) is 5.95 Å². The molecule has 1 spiro atoms. The summed E-state index contributed by atoms with van der Waals surface area (Å²) < 4.78 is 0. The Hall–Kier alpha value is -2.64. The van der Waals surface area contributed by atoms with Gasteiger partial charge in [0.1, 0.15) is 5.82 Å². The van der Waals surface area contributed by atoms with Crippen LogP contribution in [0.25, 0.3) is 0 Å². The number of likely N-dealkylation sites (tertiary alicyclic amines) is 1. The maximum Gasteiger partial charge on any atom is 0.257 e. The Balaban J connectivity index is 1.62. The van der Waals surface area contributed by atoms with E-state index < -0.39 is 0 Å². The number of anilines is 2. The van der Waals surface area contributed by atoms with Crippen LogP contribution >= 0.6 is 0 Å². The summed E-state index contributed by atoms with van der Waals surface area (Å²) in [4.78, 5) is 28.6. The first kappa shape index (κ1) is 18.7.